The Morgan fingerprint density at radius 1 is 1.80 bits per heavy atom. The van der Waals surface area contributed by atoms with Crippen molar-refractivity contribution in [1.29, 1.82) is 2.86 Å². The molecular weight excluding hydrogens is 155 g/mol. The molecule has 0 radical (unpaired) electrons. The van der Waals surface area contributed by atoms with E-state index in [4.69, 9.17) is 2.86 Å². The molecule has 4 nitrogen and oxygen atoms in total. The van der Waals surface area contributed by atoms with Gasteiger partial charge < -0.3 is 9.79 Å². The number of hydrogen-bond donors (Lipinski definition) is 2. The van der Waals surface area contributed by atoms with Crippen LogP contribution in [-0.4, -0.2) is 25.1 Å². The molecule has 5 heteroatoms. The van der Waals surface area contributed by atoms with Gasteiger partial charge in [-0.05, 0) is 13.0 Å². The van der Waals surface area contributed by atoms with E-state index < -0.39 is 7.60 Å². The number of hydrogen-bond acceptors (Lipinski definition) is 4. The fourth-order valence-electron chi connectivity index (χ4n) is 0.474. The predicted molar refractivity (Wildman–Crippen MR) is 36.7 cm³/mol. The summed E-state index contributed by atoms with van der Waals surface area (Å²) in [4.78, 5) is 17.4. The molecule has 0 aliphatic rings. The Morgan fingerprint density at radius 3 is 2.80 bits per heavy atom. The maximum atomic E-state index is 11.1. The molecule has 0 rings (SSSR count). The van der Waals surface area contributed by atoms with Crippen LogP contribution in [0.2, 0.25) is 0 Å². The van der Waals surface area contributed by atoms with Gasteiger partial charge in [0.1, 0.15) is 6.29 Å². The van der Waals surface area contributed by atoms with Crippen molar-refractivity contribution in [2.24, 2.45) is 0 Å². The molecule has 0 aliphatic carbocycles. The van der Waals surface area contributed by atoms with E-state index in [1.54, 1.807) is 0 Å². The number of aldehydes is 1. The molecule has 0 bridgehead atoms. The molecule has 0 aromatic heterocycles. The average Bonchev–Trinajstić information content (AvgIpc) is 2.05. The normalized spacial score (nSPS) is 15.9. The molecule has 58 valence electrons. The summed E-state index contributed by atoms with van der Waals surface area (Å²) in [5, 5.41) is 0. The van der Waals surface area contributed by atoms with Crippen LogP contribution in [0.4, 0.5) is 0 Å². The lowest BCUT2D eigenvalue weighted by Crippen LogP contribution is -1.89. The third-order valence-corrected chi connectivity index (χ3v) is 1.68. The van der Waals surface area contributed by atoms with Gasteiger partial charge in [-0.2, -0.15) is 0 Å². The van der Waals surface area contributed by atoms with Crippen molar-refractivity contribution >= 4 is 13.9 Å². The minimum absolute atomic E-state index is 0.223. The minimum atomic E-state index is -3.66. The number of carbonyl (C=O) groups excluding carboxylic acids is 1. The quantitative estimate of drug-likeness (QED) is 0.352. The van der Waals surface area contributed by atoms with Crippen LogP contribution < -0.4 is 0 Å². The van der Waals surface area contributed by atoms with Crippen molar-refractivity contribution in [1.82, 2.24) is 0 Å². The maximum absolute atomic E-state index is 11.1. The first-order chi connectivity index (χ1) is 5.58. The molecule has 0 fully saturated rings. The van der Waals surface area contributed by atoms with Gasteiger partial charge in [0.2, 0.25) is 2.86 Å². The molecule has 0 aromatic carbocycles. The minimum Gasteiger partial charge on any atom is -0.324 e. The van der Waals surface area contributed by atoms with Crippen molar-refractivity contribution in [2.45, 2.75) is 6.92 Å². The van der Waals surface area contributed by atoms with Crippen molar-refractivity contribution in [3.05, 3.63) is 11.6 Å². The summed E-state index contributed by atoms with van der Waals surface area (Å²) in [5.41, 5.74) is 0.438. The van der Waals surface area contributed by atoms with Crippen molar-refractivity contribution in [2.75, 3.05) is 6.16 Å². The van der Waals surface area contributed by atoms with Crippen LogP contribution in [0.1, 0.15) is 6.92 Å². The third kappa shape index (κ3) is 5.69. The highest BCUT2D eigenvalue weighted by atomic mass is 31.2. The monoisotopic (exact) mass is 168 g/mol. The summed E-state index contributed by atoms with van der Waals surface area (Å²) in [7, 11) is -3.66. The van der Waals surface area contributed by atoms with Gasteiger partial charge in [-0.25, -0.2) is 0 Å². The van der Waals surface area contributed by atoms with E-state index in [2.05, 4.69) is 9.79 Å². The van der Waals surface area contributed by atoms with Gasteiger partial charge in [0.25, 0.3) is 0 Å². The van der Waals surface area contributed by atoms with E-state index in [1.807, 2.05) is 0 Å². The molecule has 2 N–H and O–H groups in total. The second-order valence-corrected chi connectivity index (χ2v) is 3.46. The van der Waals surface area contributed by atoms with Gasteiger partial charge in [-0.15, -0.1) is 0 Å². The topological polar surface area (TPSA) is 74.6 Å². The molecule has 0 saturated heterocycles. The largest absolute Gasteiger partial charge is 0.329 e. The SMILES string of the molecule is [3H]OP(=O)(C/C(C)=C/C=O)O[3H]. The molecule has 0 aromatic rings. The fourth-order valence-corrected chi connectivity index (χ4v) is 1.19. The maximum Gasteiger partial charge on any atom is 0.329 e. The Hall–Kier alpha value is -0.440. The highest BCUT2D eigenvalue weighted by Gasteiger charge is 2.12. The van der Waals surface area contributed by atoms with Crippen LogP contribution in [-0.2, 0) is 9.36 Å². The lowest BCUT2D eigenvalue weighted by Gasteiger charge is -2.00. The molecule has 0 heterocycles. The van der Waals surface area contributed by atoms with E-state index in [-0.39, 0.29) is 6.16 Å². The van der Waals surface area contributed by atoms with Crippen LogP contribution in [0.3, 0.4) is 0 Å². The Kier molecular flexibility index (Phi) is 2.30. The number of allylic oxidation sites excluding steroid dienone is 2. The van der Waals surface area contributed by atoms with E-state index >= 15 is 0 Å². The standard InChI is InChI=1S/C5H9O4P/c1-5(2-3-6)4-10(7,8)9/h2-3H,4H2,1H3,(H2,7,8,9)/b5-2+/i/hT2. The highest BCUT2D eigenvalue weighted by Crippen LogP contribution is 2.36. The Bertz CT molecular complexity index is 219. The fraction of sp³-hybridized carbons (Fsp3) is 0.400. The van der Waals surface area contributed by atoms with Crippen LogP contribution in [0.15, 0.2) is 11.6 Å². The zero-order chi connectivity index (χ0) is 9.61. The molecule has 0 atom stereocenters. The summed E-state index contributed by atoms with van der Waals surface area (Å²) in [6, 6.07) is 0. The second-order valence-electron chi connectivity index (χ2n) is 1.92. The third-order valence-electron chi connectivity index (χ3n) is 0.796. The molecule has 0 amide bonds. The van der Waals surface area contributed by atoms with Gasteiger partial charge in [-0.3, -0.25) is 9.36 Å². The van der Waals surface area contributed by atoms with Crippen LogP contribution >= 0.6 is 7.60 Å². The summed E-state index contributed by atoms with van der Waals surface area (Å²) < 4.78 is 23.8. The molecule has 0 aliphatic heterocycles. The van der Waals surface area contributed by atoms with Crippen LogP contribution in [0.5, 0.6) is 0 Å². The first kappa shape index (κ1) is 6.28. The van der Waals surface area contributed by atoms with Crippen LogP contribution in [0.25, 0.3) is 0 Å². The van der Waals surface area contributed by atoms with Crippen molar-refractivity contribution in [3.63, 3.8) is 0 Å². The first-order valence-corrected chi connectivity index (χ1v) is 4.30. The molecule has 0 saturated carbocycles. The Balaban J connectivity index is 4.31. The van der Waals surface area contributed by atoms with Crippen molar-refractivity contribution in [3.8, 4) is 0 Å². The van der Waals surface area contributed by atoms with Gasteiger partial charge in [0.05, 0.1) is 6.16 Å². The van der Waals surface area contributed by atoms with Gasteiger partial charge in [-0.1, -0.05) is 5.57 Å². The molecule has 0 unspecified atom stereocenters. The lowest BCUT2D eigenvalue weighted by atomic mass is 10.3. The summed E-state index contributed by atoms with van der Waals surface area (Å²) in [6.45, 7) is 1.53. The molecule has 0 spiro atoms. The van der Waals surface area contributed by atoms with Gasteiger partial charge in [0, 0.05) is 0 Å². The van der Waals surface area contributed by atoms with Crippen LogP contribution in [0, 0.1) is 0 Å². The predicted octanol–water partition coefficient (Wildman–Crippen LogP) is 0.309. The van der Waals surface area contributed by atoms with E-state index in [1.165, 1.54) is 13.0 Å². The number of rotatable bonds is 5. The summed E-state index contributed by atoms with van der Waals surface area (Å²) in [5.74, 6) is 0. The average molecular weight is 168 g/mol. The first-order valence-electron chi connectivity index (χ1n) is 3.39. The molecular formula is C5H9O4P. The highest BCUT2D eigenvalue weighted by molar-refractivity contribution is 7.52. The number of carbonyl (C=O) groups is 1. The van der Waals surface area contributed by atoms with E-state index in [0.717, 1.165) is 0 Å². The molecule has 10 heavy (non-hydrogen) atoms. The lowest BCUT2D eigenvalue weighted by molar-refractivity contribution is -0.104. The Morgan fingerprint density at radius 2 is 2.40 bits per heavy atom. The smallest absolute Gasteiger partial charge is 0.324 e. The van der Waals surface area contributed by atoms with Crippen molar-refractivity contribution < 1.29 is 19.2 Å². The summed E-state index contributed by atoms with van der Waals surface area (Å²) >= 11 is 0. The van der Waals surface area contributed by atoms with E-state index in [0.29, 0.717) is 11.9 Å². The zero-order valence-corrected chi connectivity index (χ0v) is 6.34. The Labute approximate surface area is 61.7 Å². The zero-order valence-electron chi connectivity index (χ0n) is 7.44. The van der Waals surface area contributed by atoms with Gasteiger partial charge in [0.15, 0.2) is 0 Å². The van der Waals surface area contributed by atoms with E-state index in [9.17, 15) is 9.36 Å². The summed E-state index contributed by atoms with van der Waals surface area (Å²) in [6.07, 6.45) is 1.47. The van der Waals surface area contributed by atoms with Gasteiger partial charge >= 0.3 is 7.60 Å². The second kappa shape index (κ2) is 3.66.